The maximum Gasteiger partial charge on any atom is 0.144 e. The largest absolute Gasteiger partial charge is 0.515 e. The monoisotopic (exact) mass is 198 g/mol. The summed E-state index contributed by atoms with van der Waals surface area (Å²) in [4.78, 5) is 4.49. The summed E-state index contributed by atoms with van der Waals surface area (Å²) in [5.41, 5.74) is 2.84. The number of hydrogen-bond donors (Lipinski definition) is 1. The third kappa shape index (κ3) is 1.09. The van der Waals surface area contributed by atoms with Crippen molar-refractivity contribution in [1.29, 1.82) is 0 Å². The van der Waals surface area contributed by atoms with Crippen LogP contribution in [0.25, 0.3) is 16.6 Å². The van der Waals surface area contributed by atoms with Crippen LogP contribution in [0.3, 0.4) is 0 Å². The number of hydrogen-bond acceptors (Lipinski definition) is 2. The number of benzene rings is 1. The fourth-order valence-electron chi connectivity index (χ4n) is 1.94. The van der Waals surface area contributed by atoms with Gasteiger partial charge in [-0.05, 0) is 12.1 Å². The zero-order chi connectivity index (χ0) is 10.3. The molecule has 15 heavy (non-hydrogen) atoms. The Labute approximate surface area is 87.0 Å². The molecule has 3 nitrogen and oxygen atoms in total. The lowest BCUT2D eigenvalue weighted by atomic mass is 10.2. The second-order valence-corrected chi connectivity index (χ2v) is 3.52. The van der Waals surface area contributed by atoms with Gasteiger partial charge in [0, 0.05) is 6.54 Å². The van der Waals surface area contributed by atoms with Crippen molar-refractivity contribution in [3.05, 3.63) is 48.5 Å². The highest BCUT2D eigenvalue weighted by molar-refractivity contribution is 5.82. The Bertz CT molecular complexity index is 578. The van der Waals surface area contributed by atoms with E-state index < -0.39 is 0 Å². The predicted octanol–water partition coefficient (Wildman–Crippen LogP) is 2.51. The summed E-state index contributed by atoms with van der Waals surface area (Å²) in [7, 11) is 0. The van der Waals surface area contributed by atoms with Gasteiger partial charge in [-0.25, -0.2) is 4.98 Å². The fraction of sp³-hybridized carbons (Fsp3) is 0.0833. The molecule has 1 aromatic heterocycles. The molecule has 0 amide bonds. The number of aromatic nitrogens is 2. The number of rotatable bonds is 0. The molecule has 2 aromatic rings. The number of aliphatic hydroxyl groups excluding tert-OH is 1. The second kappa shape index (κ2) is 2.98. The molecule has 0 saturated heterocycles. The SMILES string of the molecule is OC=C1C=CCn2c1nc1ccccc12. The van der Waals surface area contributed by atoms with Gasteiger partial charge in [-0.15, -0.1) is 0 Å². The van der Waals surface area contributed by atoms with Crippen LogP contribution in [0.2, 0.25) is 0 Å². The van der Waals surface area contributed by atoms with Crippen LogP contribution in [0.15, 0.2) is 42.7 Å². The summed E-state index contributed by atoms with van der Waals surface area (Å²) in [6, 6.07) is 7.99. The standard InChI is InChI=1S/C12H10N2O/c15-8-9-4-3-7-14-11-6-2-1-5-10(11)13-12(9)14/h1-6,8,15H,7H2. The molecule has 0 aliphatic carbocycles. The van der Waals surface area contributed by atoms with Gasteiger partial charge in [0.05, 0.1) is 22.9 Å². The molecule has 3 heteroatoms. The average Bonchev–Trinajstić information content (AvgIpc) is 2.67. The van der Waals surface area contributed by atoms with E-state index in [1.165, 1.54) is 0 Å². The summed E-state index contributed by atoms with van der Waals surface area (Å²) >= 11 is 0. The van der Waals surface area contributed by atoms with Crippen molar-refractivity contribution in [3.8, 4) is 0 Å². The van der Waals surface area contributed by atoms with E-state index in [1.54, 1.807) is 0 Å². The molecule has 0 unspecified atom stereocenters. The average molecular weight is 198 g/mol. The summed E-state index contributed by atoms with van der Waals surface area (Å²) < 4.78 is 2.09. The fourth-order valence-corrected chi connectivity index (χ4v) is 1.94. The smallest absolute Gasteiger partial charge is 0.144 e. The summed E-state index contributed by atoms with van der Waals surface area (Å²) in [5.74, 6) is 0.834. The molecular weight excluding hydrogens is 188 g/mol. The van der Waals surface area contributed by atoms with Gasteiger partial charge in [0.15, 0.2) is 0 Å². The van der Waals surface area contributed by atoms with Crippen LogP contribution in [-0.4, -0.2) is 14.7 Å². The van der Waals surface area contributed by atoms with Gasteiger partial charge in [-0.1, -0.05) is 24.3 Å². The first-order chi connectivity index (χ1) is 7.40. The Morgan fingerprint density at radius 1 is 1.33 bits per heavy atom. The van der Waals surface area contributed by atoms with Gasteiger partial charge >= 0.3 is 0 Å². The lowest BCUT2D eigenvalue weighted by Crippen LogP contribution is -2.05. The van der Waals surface area contributed by atoms with Crippen molar-refractivity contribution < 1.29 is 5.11 Å². The van der Waals surface area contributed by atoms with Gasteiger partial charge in [0.1, 0.15) is 5.82 Å². The molecule has 3 rings (SSSR count). The molecule has 0 spiro atoms. The van der Waals surface area contributed by atoms with Crippen LogP contribution in [-0.2, 0) is 6.54 Å². The Balaban J connectivity index is 2.37. The van der Waals surface area contributed by atoms with E-state index in [4.69, 9.17) is 5.11 Å². The van der Waals surface area contributed by atoms with Crippen molar-refractivity contribution in [1.82, 2.24) is 9.55 Å². The third-order valence-corrected chi connectivity index (χ3v) is 2.64. The first-order valence-electron chi connectivity index (χ1n) is 4.87. The van der Waals surface area contributed by atoms with Crippen LogP contribution >= 0.6 is 0 Å². The van der Waals surface area contributed by atoms with Crippen LogP contribution in [0.4, 0.5) is 0 Å². The van der Waals surface area contributed by atoms with E-state index in [9.17, 15) is 0 Å². The lowest BCUT2D eigenvalue weighted by molar-refractivity contribution is 0.475. The van der Waals surface area contributed by atoms with Crippen LogP contribution in [0.5, 0.6) is 0 Å². The first kappa shape index (κ1) is 8.29. The molecule has 0 radical (unpaired) electrons. The van der Waals surface area contributed by atoms with Crippen molar-refractivity contribution >= 4 is 16.6 Å². The van der Waals surface area contributed by atoms with Crippen molar-refractivity contribution in [2.75, 3.05) is 0 Å². The van der Waals surface area contributed by atoms with Crippen LogP contribution < -0.4 is 0 Å². The molecule has 1 N–H and O–H groups in total. The van der Waals surface area contributed by atoms with Gasteiger partial charge in [0.25, 0.3) is 0 Å². The zero-order valence-corrected chi connectivity index (χ0v) is 8.09. The Morgan fingerprint density at radius 3 is 3.07 bits per heavy atom. The number of para-hydroxylation sites is 2. The molecule has 1 aliphatic rings. The van der Waals surface area contributed by atoms with Crippen LogP contribution in [0.1, 0.15) is 5.82 Å². The second-order valence-electron chi connectivity index (χ2n) is 3.52. The lowest BCUT2D eigenvalue weighted by Gasteiger charge is -2.10. The van der Waals surface area contributed by atoms with Gasteiger partial charge in [0.2, 0.25) is 0 Å². The topological polar surface area (TPSA) is 38.0 Å². The number of imidazole rings is 1. The quantitative estimate of drug-likeness (QED) is 0.660. The third-order valence-electron chi connectivity index (χ3n) is 2.64. The Hall–Kier alpha value is -2.03. The molecule has 0 saturated carbocycles. The van der Waals surface area contributed by atoms with E-state index >= 15 is 0 Å². The highest BCUT2D eigenvalue weighted by atomic mass is 16.2. The normalized spacial score (nSPS) is 17.2. The van der Waals surface area contributed by atoms with Gasteiger partial charge < -0.3 is 9.67 Å². The van der Waals surface area contributed by atoms with E-state index in [1.807, 2.05) is 36.4 Å². The molecule has 0 bridgehead atoms. The van der Waals surface area contributed by atoms with Crippen molar-refractivity contribution in [2.24, 2.45) is 0 Å². The highest BCUT2D eigenvalue weighted by Crippen LogP contribution is 2.25. The highest BCUT2D eigenvalue weighted by Gasteiger charge is 2.14. The maximum atomic E-state index is 9.10. The minimum absolute atomic E-state index is 0.762. The number of allylic oxidation sites excluding steroid dienone is 3. The molecule has 1 aliphatic heterocycles. The molecular formula is C12H10N2O. The maximum absolute atomic E-state index is 9.10. The molecule has 2 heterocycles. The van der Waals surface area contributed by atoms with Crippen molar-refractivity contribution in [2.45, 2.75) is 6.54 Å². The minimum atomic E-state index is 0.762. The van der Waals surface area contributed by atoms with Crippen molar-refractivity contribution in [3.63, 3.8) is 0 Å². The van der Waals surface area contributed by atoms with E-state index in [-0.39, 0.29) is 0 Å². The van der Waals surface area contributed by atoms with Crippen LogP contribution in [0, 0.1) is 0 Å². The Morgan fingerprint density at radius 2 is 2.20 bits per heavy atom. The molecule has 0 atom stereocenters. The number of nitrogens with zero attached hydrogens (tertiary/aromatic N) is 2. The molecule has 0 fully saturated rings. The summed E-state index contributed by atoms with van der Waals surface area (Å²) in [6.07, 6.45) is 5.01. The summed E-state index contributed by atoms with van der Waals surface area (Å²) in [6.45, 7) is 0.813. The minimum Gasteiger partial charge on any atom is -0.515 e. The molecule has 74 valence electrons. The predicted molar refractivity (Wildman–Crippen MR) is 59.5 cm³/mol. The van der Waals surface area contributed by atoms with E-state index in [0.29, 0.717) is 0 Å². The summed E-state index contributed by atoms with van der Waals surface area (Å²) in [5, 5.41) is 9.10. The van der Waals surface area contributed by atoms with Gasteiger partial charge in [-0.3, -0.25) is 0 Å². The van der Waals surface area contributed by atoms with E-state index in [2.05, 4.69) is 9.55 Å². The number of fused-ring (bicyclic) bond motifs is 3. The number of aliphatic hydroxyl groups is 1. The zero-order valence-electron chi connectivity index (χ0n) is 8.09. The van der Waals surface area contributed by atoms with E-state index in [0.717, 1.165) is 35.2 Å². The Kier molecular flexibility index (Phi) is 1.65. The van der Waals surface area contributed by atoms with Gasteiger partial charge in [-0.2, -0.15) is 0 Å². The first-order valence-corrected chi connectivity index (χ1v) is 4.87. The molecule has 1 aromatic carbocycles.